The van der Waals surface area contributed by atoms with Gasteiger partial charge in [0.1, 0.15) is 0 Å². The van der Waals surface area contributed by atoms with Crippen LogP contribution in [-0.2, 0) is 6.54 Å². The predicted molar refractivity (Wildman–Crippen MR) is 86.0 cm³/mol. The Morgan fingerprint density at radius 3 is 2.37 bits per heavy atom. The lowest BCUT2D eigenvalue weighted by atomic mass is 10.1. The van der Waals surface area contributed by atoms with Crippen LogP contribution >= 0.6 is 22.6 Å². The van der Waals surface area contributed by atoms with Gasteiger partial charge in [-0.05, 0) is 52.9 Å². The summed E-state index contributed by atoms with van der Waals surface area (Å²) >= 11 is 2.29. The maximum absolute atomic E-state index is 5.41. The van der Waals surface area contributed by atoms with Crippen LogP contribution in [0.25, 0.3) is 0 Å². The molecule has 0 saturated carbocycles. The summed E-state index contributed by atoms with van der Waals surface area (Å²) in [4.78, 5) is 0. The number of anilines is 1. The van der Waals surface area contributed by atoms with Crippen molar-refractivity contribution in [2.24, 2.45) is 0 Å². The largest absolute Gasteiger partial charge is 0.493 e. The molecule has 0 atom stereocenters. The molecule has 100 valence electrons. The monoisotopic (exact) mass is 369 g/mol. The third kappa shape index (κ3) is 3.53. The number of halogens is 1. The molecule has 4 heteroatoms. The summed E-state index contributed by atoms with van der Waals surface area (Å²) in [7, 11) is 3.31. The second-order valence-corrected chi connectivity index (χ2v) is 5.26. The summed E-state index contributed by atoms with van der Waals surface area (Å²) in [5, 5.41) is 3.38. The van der Waals surface area contributed by atoms with E-state index in [1.54, 1.807) is 14.2 Å². The van der Waals surface area contributed by atoms with Crippen LogP contribution < -0.4 is 14.8 Å². The third-order valence-corrected chi connectivity index (χ3v) is 3.53. The first-order valence-electron chi connectivity index (χ1n) is 5.94. The lowest BCUT2D eigenvalue weighted by Crippen LogP contribution is -2.02. The van der Waals surface area contributed by atoms with Crippen LogP contribution in [0.3, 0.4) is 0 Å². The van der Waals surface area contributed by atoms with Crippen LogP contribution in [0, 0.1) is 3.57 Å². The molecule has 0 aromatic heterocycles. The maximum atomic E-state index is 5.41. The molecule has 3 nitrogen and oxygen atoms in total. The molecule has 0 spiro atoms. The summed E-state index contributed by atoms with van der Waals surface area (Å²) < 4.78 is 11.9. The molecular formula is C15H16INO2. The van der Waals surface area contributed by atoms with Gasteiger partial charge in [0.2, 0.25) is 0 Å². The Kier molecular flexibility index (Phi) is 4.90. The van der Waals surface area contributed by atoms with Crippen LogP contribution in [0.1, 0.15) is 5.56 Å². The van der Waals surface area contributed by atoms with E-state index in [1.165, 1.54) is 3.57 Å². The number of methoxy groups -OCH3 is 2. The van der Waals surface area contributed by atoms with E-state index < -0.39 is 0 Å². The van der Waals surface area contributed by atoms with Crippen molar-refractivity contribution >= 4 is 28.3 Å². The highest BCUT2D eigenvalue weighted by atomic mass is 127. The van der Waals surface area contributed by atoms with Crippen LogP contribution in [0.15, 0.2) is 42.5 Å². The normalized spacial score (nSPS) is 10.1. The van der Waals surface area contributed by atoms with E-state index in [-0.39, 0.29) is 0 Å². The van der Waals surface area contributed by atoms with Gasteiger partial charge >= 0.3 is 0 Å². The minimum Gasteiger partial charge on any atom is -0.493 e. The molecule has 0 heterocycles. The minimum absolute atomic E-state index is 0.695. The molecule has 0 aliphatic rings. The average molecular weight is 369 g/mol. The highest BCUT2D eigenvalue weighted by molar-refractivity contribution is 14.1. The fourth-order valence-corrected chi connectivity index (χ4v) is 2.22. The zero-order valence-corrected chi connectivity index (χ0v) is 13.1. The Hall–Kier alpha value is -1.43. The molecular weight excluding hydrogens is 353 g/mol. The standard InChI is InChI=1S/C15H16INO2/c1-18-14-5-3-4-11(15(14)19-2)10-17-13-8-6-12(16)7-9-13/h3-9,17H,10H2,1-2H3. The van der Waals surface area contributed by atoms with Crippen LogP contribution in [0.2, 0.25) is 0 Å². The van der Waals surface area contributed by atoms with Gasteiger partial charge in [-0.3, -0.25) is 0 Å². The molecule has 1 N–H and O–H groups in total. The summed E-state index contributed by atoms with van der Waals surface area (Å²) in [6.45, 7) is 0.695. The fraction of sp³-hybridized carbons (Fsp3) is 0.200. The first kappa shape index (κ1) is 14.0. The summed E-state index contributed by atoms with van der Waals surface area (Å²) in [5.74, 6) is 1.53. The molecule has 0 saturated heterocycles. The first-order valence-corrected chi connectivity index (χ1v) is 7.01. The minimum atomic E-state index is 0.695. The zero-order valence-electron chi connectivity index (χ0n) is 10.9. The van der Waals surface area contributed by atoms with Crippen LogP contribution in [0.5, 0.6) is 11.5 Å². The summed E-state index contributed by atoms with van der Waals surface area (Å²) in [6, 6.07) is 14.2. The SMILES string of the molecule is COc1cccc(CNc2ccc(I)cc2)c1OC. The van der Waals surface area contributed by atoms with Gasteiger partial charge in [0.05, 0.1) is 14.2 Å². The van der Waals surface area contributed by atoms with Crippen LogP contribution in [0.4, 0.5) is 5.69 Å². The van der Waals surface area contributed by atoms with E-state index in [4.69, 9.17) is 9.47 Å². The number of ether oxygens (including phenoxy) is 2. The van der Waals surface area contributed by atoms with E-state index in [0.717, 1.165) is 22.7 Å². The quantitative estimate of drug-likeness (QED) is 0.811. The molecule has 2 rings (SSSR count). The molecule has 0 bridgehead atoms. The molecule has 0 fully saturated rings. The van der Waals surface area contributed by atoms with Crippen molar-refractivity contribution in [1.82, 2.24) is 0 Å². The smallest absolute Gasteiger partial charge is 0.165 e. The zero-order chi connectivity index (χ0) is 13.7. The number of para-hydroxylation sites is 1. The summed E-state index contributed by atoms with van der Waals surface area (Å²) in [6.07, 6.45) is 0. The van der Waals surface area contributed by atoms with Crippen molar-refractivity contribution in [3.63, 3.8) is 0 Å². The van der Waals surface area contributed by atoms with Crippen molar-refractivity contribution in [2.45, 2.75) is 6.54 Å². The number of hydrogen-bond acceptors (Lipinski definition) is 3. The number of hydrogen-bond donors (Lipinski definition) is 1. The number of nitrogens with one attached hydrogen (secondary N) is 1. The van der Waals surface area contributed by atoms with E-state index >= 15 is 0 Å². The molecule has 0 aliphatic heterocycles. The van der Waals surface area contributed by atoms with Gasteiger partial charge in [-0.2, -0.15) is 0 Å². The fourth-order valence-electron chi connectivity index (χ4n) is 1.86. The highest BCUT2D eigenvalue weighted by Gasteiger charge is 2.08. The van der Waals surface area contributed by atoms with Gasteiger partial charge in [0.15, 0.2) is 11.5 Å². The van der Waals surface area contributed by atoms with E-state index in [2.05, 4.69) is 52.2 Å². The lowest BCUT2D eigenvalue weighted by Gasteiger charge is -2.13. The van der Waals surface area contributed by atoms with Crippen molar-refractivity contribution < 1.29 is 9.47 Å². The molecule has 0 aliphatic carbocycles. The van der Waals surface area contributed by atoms with Crippen LogP contribution in [-0.4, -0.2) is 14.2 Å². The molecule has 2 aromatic carbocycles. The molecule has 0 unspecified atom stereocenters. The Bertz CT molecular complexity index is 540. The van der Waals surface area contributed by atoms with Gasteiger partial charge < -0.3 is 14.8 Å². The van der Waals surface area contributed by atoms with Gasteiger partial charge in [-0.15, -0.1) is 0 Å². The summed E-state index contributed by atoms with van der Waals surface area (Å²) in [5.41, 5.74) is 2.16. The van der Waals surface area contributed by atoms with Gasteiger partial charge in [0, 0.05) is 21.4 Å². The second-order valence-electron chi connectivity index (χ2n) is 4.01. The topological polar surface area (TPSA) is 30.5 Å². The first-order chi connectivity index (χ1) is 9.24. The molecule has 0 radical (unpaired) electrons. The Labute approximate surface area is 127 Å². The van der Waals surface area contributed by atoms with Crippen molar-refractivity contribution in [1.29, 1.82) is 0 Å². The van der Waals surface area contributed by atoms with E-state index in [0.29, 0.717) is 6.54 Å². The molecule has 19 heavy (non-hydrogen) atoms. The van der Waals surface area contributed by atoms with Crippen molar-refractivity contribution in [3.8, 4) is 11.5 Å². The maximum Gasteiger partial charge on any atom is 0.165 e. The predicted octanol–water partition coefficient (Wildman–Crippen LogP) is 3.92. The van der Waals surface area contributed by atoms with E-state index in [1.807, 2.05) is 18.2 Å². The highest BCUT2D eigenvalue weighted by Crippen LogP contribution is 2.31. The van der Waals surface area contributed by atoms with Gasteiger partial charge in [0.25, 0.3) is 0 Å². The number of rotatable bonds is 5. The van der Waals surface area contributed by atoms with Gasteiger partial charge in [-0.1, -0.05) is 12.1 Å². The third-order valence-electron chi connectivity index (χ3n) is 2.81. The lowest BCUT2D eigenvalue weighted by molar-refractivity contribution is 0.352. The molecule has 0 amide bonds. The second kappa shape index (κ2) is 6.65. The molecule has 2 aromatic rings. The van der Waals surface area contributed by atoms with Gasteiger partial charge in [-0.25, -0.2) is 0 Å². The van der Waals surface area contributed by atoms with E-state index in [9.17, 15) is 0 Å². The average Bonchev–Trinajstić information content (AvgIpc) is 2.46. The Morgan fingerprint density at radius 1 is 1.00 bits per heavy atom. The van der Waals surface area contributed by atoms with Crippen molar-refractivity contribution in [2.75, 3.05) is 19.5 Å². The Morgan fingerprint density at radius 2 is 1.74 bits per heavy atom. The van der Waals surface area contributed by atoms with Crippen molar-refractivity contribution in [3.05, 3.63) is 51.6 Å². The Balaban J connectivity index is 2.13. The number of benzene rings is 2.